The van der Waals surface area contributed by atoms with Crippen LogP contribution in [0, 0.1) is 0 Å². The zero-order valence-corrected chi connectivity index (χ0v) is 16.7. The second-order valence-electron chi connectivity index (χ2n) is 6.40. The average molecular weight is 418 g/mol. The molecule has 0 atom stereocenters. The Morgan fingerprint density at radius 2 is 1.87 bits per heavy atom. The molecule has 0 spiro atoms. The Hall–Kier alpha value is -4.54. The number of hydrazone groups is 1. The highest BCUT2D eigenvalue weighted by Gasteiger charge is 2.25. The molecule has 4 rings (SSSR count). The van der Waals surface area contributed by atoms with E-state index >= 15 is 0 Å². The van der Waals surface area contributed by atoms with Gasteiger partial charge in [0, 0.05) is 5.56 Å². The molecule has 3 N–H and O–H groups in total. The van der Waals surface area contributed by atoms with Crippen molar-refractivity contribution in [3.8, 4) is 22.8 Å². The van der Waals surface area contributed by atoms with Crippen molar-refractivity contribution in [3.05, 3.63) is 65.9 Å². The van der Waals surface area contributed by atoms with Crippen molar-refractivity contribution in [2.45, 2.75) is 6.92 Å². The third kappa shape index (κ3) is 3.96. The van der Waals surface area contributed by atoms with Gasteiger partial charge in [-0.3, -0.25) is 4.79 Å². The van der Waals surface area contributed by atoms with Crippen molar-refractivity contribution in [2.75, 3.05) is 12.8 Å². The van der Waals surface area contributed by atoms with Crippen LogP contribution in [0.5, 0.6) is 5.75 Å². The molecule has 0 radical (unpaired) electrons. The first kappa shape index (κ1) is 19.8. The van der Waals surface area contributed by atoms with E-state index in [4.69, 9.17) is 10.5 Å². The Balaban J connectivity index is 1.69. The standard InChI is InChI=1S/C20H18N8O3/c1-12(13-8-10-15(30-2)11-9-13)22-24-20(29)17-16(14-6-4-3-5-7-14)23-27-28(17)19-18(21)25-31-26-19/h3-11H,1-2H3,(H2,21,25)(H,24,29). The number of hydrogen-bond acceptors (Lipinski definition) is 9. The van der Waals surface area contributed by atoms with E-state index in [2.05, 4.69) is 35.8 Å². The monoisotopic (exact) mass is 418 g/mol. The number of amides is 1. The van der Waals surface area contributed by atoms with Crippen molar-refractivity contribution in [3.63, 3.8) is 0 Å². The van der Waals surface area contributed by atoms with E-state index in [1.165, 1.54) is 4.68 Å². The lowest BCUT2D eigenvalue weighted by atomic mass is 10.1. The van der Waals surface area contributed by atoms with E-state index in [9.17, 15) is 4.79 Å². The summed E-state index contributed by atoms with van der Waals surface area (Å²) in [6.45, 7) is 1.77. The zero-order valence-electron chi connectivity index (χ0n) is 16.7. The van der Waals surface area contributed by atoms with Crippen LogP contribution in [-0.4, -0.2) is 44.0 Å². The fourth-order valence-corrected chi connectivity index (χ4v) is 2.85. The fourth-order valence-electron chi connectivity index (χ4n) is 2.85. The Morgan fingerprint density at radius 1 is 1.13 bits per heavy atom. The number of benzene rings is 2. The maximum atomic E-state index is 13.1. The van der Waals surface area contributed by atoms with Crippen molar-refractivity contribution in [1.29, 1.82) is 0 Å². The number of nitrogens with zero attached hydrogens (tertiary/aromatic N) is 6. The predicted molar refractivity (Wildman–Crippen MR) is 112 cm³/mol. The van der Waals surface area contributed by atoms with Gasteiger partial charge in [-0.15, -0.1) is 5.10 Å². The fraction of sp³-hybridized carbons (Fsp3) is 0.100. The molecule has 2 aromatic heterocycles. The number of carbonyl (C=O) groups excluding carboxylic acids is 1. The second-order valence-corrected chi connectivity index (χ2v) is 6.40. The lowest BCUT2D eigenvalue weighted by Crippen LogP contribution is -2.23. The van der Waals surface area contributed by atoms with Gasteiger partial charge in [0.15, 0.2) is 5.69 Å². The van der Waals surface area contributed by atoms with Gasteiger partial charge in [0.1, 0.15) is 11.4 Å². The summed E-state index contributed by atoms with van der Waals surface area (Å²) in [4.78, 5) is 13.1. The van der Waals surface area contributed by atoms with Crippen LogP contribution in [0.2, 0.25) is 0 Å². The normalized spacial score (nSPS) is 11.4. The summed E-state index contributed by atoms with van der Waals surface area (Å²) in [7, 11) is 1.59. The molecule has 0 bridgehead atoms. The average Bonchev–Trinajstić information content (AvgIpc) is 3.43. The lowest BCUT2D eigenvalue weighted by molar-refractivity contribution is 0.0947. The first-order chi connectivity index (χ1) is 15.1. The van der Waals surface area contributed by atoms with Crippen LogP contribution < -0.4 is 15.9 Å². The Bertz CT molecular complexity index is 1230. The van der Waals surface area contributed by atoms with Crippen LogP contribution in [0.4, 0.5) is 5.82 Å². The second kappa shape index (κ2) is 8.45. The number of aromatic nitrogens is 5. The highest BCUT2D eigenvalue weighted by Crippen LogP contribution is 2.24. The number of nitrogens with two attached hydrogens (primary N) is 1. The van der Waals surface area contributed by atoms with Crippen LogP contribution in [0.1, 0.15) is 23.0 Å². The molecule has 0 aliphatic rings. The molecule has 31 heavy (non-hydrogen) atoms. The van der Waals surface area contributed by atoms with Crippen LogP contribution in [-0.2, 0) is 0 Å². The van der Waals surface area contributed by atoms with E-state index in [0.717, 1.165) is 11.3 Å². The molecule has 0 saturated heterocycles. The summed E-state index contributed by atoms with van der Waals surface area (Å²) in [5.41, 5.74) is 10.8. The van der Waals surface area contributed by atoms with Crippen LogP contribution in [0.25, 0.3) is 17.1 Å². The van der Waals surface area contributed by atoms with Gasteiger partial charge in [-0.25, -0.2) is 10.1 Å². The van der Waals surface area contributed by atoms with Crippen molar-refractivity contribution < 1.29 is 14.2 Å². The molecule has 2 aromatic carbocycles. The third-order valence-corrected chi connectivity index (χ3v) is 4.46. The summed E-state index contributed by atoms with van der Waals surface area (Å²) in [5, 5.41) is 19.6. The minimum absolute atomic E-state index is 0.0310. The molecule has 2 heterocycles. The molecule has 0 aliphatic heterocycles. The Morgan fingerprint density at radius 3 is 2.52 bits per heavy atom. The van der Waals surface area contributed by atoms with Gasteiger partial charge >= 0.3 is 0 Å². The number of hydrogen-bond donors (Lipinski definition) is 2. The minimum atomic E-state index is -0.556. The summed E-state index contributed by atoms with van der Waals surface area (Å²) in [6, 6.07) is 16.4. The van der Waals surface area contributed by atoms with E-state index in [1.807, 2.05) is 42.5 Å². The van der Waals surface area contributed by atoms with E-state index in [-0.39, 0.29) is 17.3 Å². The Kier molecular flexibility index (Phi) is 5.39. The van der Waals surface area contributed by atoms with E-state index < -0.39 is 5.91 Å². The number of nitrogen functional groups attached to an aromatic ring is 1. The van der Waals surface area contributed by atoms with Gasteiger partial charge < -0.3 is 10.5 Å². The molecular formula is C20H18N8O3. The smallest absolute Gasteiger partial charge is 0.292 e. The zero-order chi connectivity index (χ0) is 21.8. The van der Waals surface area contributed by atoms with Gasteiger partial charge in [-0.1, -0.05) is 35.5 Å². The molecule has 0 unspecified atom stereocenters. The maximum Gasteiger partial charge on any atom is 0.292 e. The number of anilines is 1. The number of nitrogens with one attached hydrogen (secondary N) is 1. The highest BCUT2D eigenvalue weighted by molar-refractivity contribution is 6.02. The molecule has 1 amide bonds. The molecule has 0 fully saturated rings. The number of methoxy groups -OCH3 is 1. The maximum absolute atomic E-state index is 13.1. The Labute approximate surface area is 176 Å². The van der Waals surface area contributed by atoms with Crippen molar-refractivity contribution in [1.82, 2.24) is 30.7 Å². The third-order valence-electron chi connectivity index (χ3n) is 4.46. The minimum Gasteiger partial charge on any atom is -0.497 e. The quantitative estimate of drug-likeness (QED) is 0.357. The summed E-state index contributed by atoms with van der Waals surface area (Å²) in [6.07, 6.45) is 0. The van der Waals surface area contributed by atoms with Crippen molar-refractivity contribution in [2.24, 2.45) is 5.10 Å². The molecule has 0 aliphatic carbocycles. The van der Waals surface area contributed by atoms with Crippen LogP contribution in [0.15, 0.2) is 64.3 Å². The largest absolute Gasteiger partial charge is 0.497 e. The van der Waals surface area contributed by atoms with Crippen molar-refractivity contribution >= 4 is 17.4 Å². The molecular weight excluding hydrogens is 400 g/mol. The van der Waals surface area contributed by atoms with Gasteiger partial charge in [0.2, 0.25) is 11.6 Å². The SMILES string of the molecule is COc1ccc(C(C)=NNC(=O)c2c(-c3ccccc3)nnn2-c2nonc2N)cc1. The first-order valence-corrected chi connectivity index (χ1v) is 9.17. The van der Waals surface area contributed by atoms with Gasteiger partial charge in [0.25, 0.3) is 5.91 Å². The van der Waals surface area contributed by atoms with E-state index in [1.54, 1.807) is 26.2 Å². The van der Waals surface area contributed by atoms with Gasteiger partial charge in [0.05, 0.1) is 12.8 Å². The number of rotatable bonds is 6. The van der Waals surface area contributed by atoms with Crippen LogP contribution >= 0.6 is 0 Å². The molecule has 11 nitrogen and oxygen atoms in total. The topological polar surface area (TPSA) is 146 Å². The molecule has 0 saturated carbocycles. The molecule has 156 valence electrons. The van der Waals surface area contributed by atoms with E-state index in [0.29, 0.717) is 17.0 Å². The van der Waals surface area contributed by atoms with Gasteiger partial charge in [-0.2, -0.15) is 9.78 Å². The summed E-state index contributed by atoms with van der Waals surface area (Å²) < 4.78 is 11.0. The summed E-state index contributed by atoms with van der Waals surface area (Å²) in [5.74, 6) is 0.188. The van der Waals surface area contributed by atoms with Crippen LogP contribution in [0.3, 0.4) is 0 Å². The first-order valence-electron chi connectivity index (χ1n) is 9.17. The molecule has 4 aromatic rings. The highest BCUT2D eigenvalue weighted by atomic mass is 16.6. The van der Waals surface area contributed by atoms with Gasteiger partial charge in [-0.05, 0) is 47.1 Å². The summed E-state index contributed by atoms with van der Waals surface area (Å²) >= 11 is 0. The number of carbonyl (C=O) groups is 1. The number of ether oxygens (including phenoxy) is 1. The predicted octanol–water partition coefficient (Wildman–Crippen LogP) is 2.06. The molecule has 11 heteroatoms. The lowest BCUT2D eigenvalue weighted by Gasteiger charge is -2.06.